The number of carbonyl (C=O) groups excluding carboxylic acids is 2. The van der Waals surface area contributed by atoms with Crippen molar-refractivity contribution in [2.24, 2.45) is 5.92 Å². The molecular weight excluding hydrogens is 432 g/mol. The minimum absolute atomic E-state index is 0.322. The minimum Gasteiger partial charge on any atom is -0.505 e. The van der Waals surface area contributed by atoms with Gasteiger partial charge in [0.2, 0.25) is 12.0 Å². The third-order valence-electron chi connectivity index (χ3n) is 5.36. The molecule has 0 aliphatic carbocycles. The van der Waals surface area contributed by atoms with Crippen LogP contribution >= 0.6 is 0 Å². The highest BCUT2D eigenvalue weighted by atomic mass is 16.7. The molecule has 32 heavy (non-hydrogen) atoms. The van der Waals surface area contributed by atoms with Gasteiger partial charge in [-0.25, -0.2) is 4.79 Å². The van der Waals surface area contributed by atoms with E-state index in [-0.39, 0.29) is 5.92 Å². The van der Waals surface area contributed by atoms with Gasteiger partial charge in [0.05, 0.1) is 12.5 Å². The highest BCUT2D eigenvalue weighted by Gasteiger charge is 2.48. The van der Waals surface area contributed by atoms with Gasteiger partial charge in [-0.05, 0) is 12.8 Å². The summed E-state index contributed by atoms with van der Waals surface area (Å²) >= 11 is 0. The van der Waals surface area contributed by atoms with Crippen LogP contribution in [0.1, 0.15) is 39.5 Å². The maximum absolute atomic E-state index is 12.2. The largest absolute Gasteiger partial charge is 0.505 e. The van der Waals surface area contributed by atoms with Crippen molar-refractivity contribution in [3.8, 4) is 0 Å². The zero-order valence-corrected chi connectivity index (χ0v) is 18.0. The summed E-state index contributed by atoms with van der Waals surface area (Å²) in [6.45, 7) is 2.60. The maximum atomic E-state index is 12.2. The number of aliphatic hydroxyl groups excluding tert-OH is 6. The van der Waals surface area contributed by atoms with Crippen LogP contribution in [0.2, 0.25) is 0 Å². The summed E-state index contributed by atoms with van der Waals surface area (Å²) in [7, 11) is 0. The molecule has 0 aromatic rings. The molecular formula is C20H32O12. The Morgan fingerprint density at radius 2 is 1.72 bits per heavy atom. The van der Waals surface area contributed by atoms with Crippen LogP contribution in [-0.4, -0.2) is 98.7 Å². The Labute approximate surface area is 185 Å². The predicted octanol–water partition coefficient (Wildman–Crippen LogP) is -1.38. The molecule has 0 aromatic carbocycles. The van der Waals surface area contributed by atoms with Gasteiger partial charge in [0.15, 0.2) is 11.9 Å². The fourth-order valence-electron chi connectivity index (χ4n) is 3.56. The van der Waals surface area contributed by atoms with Crippen LogP contribution in [0.5, 0.6) is 0 Å². The lowest BCUT2D eigenvalue weighted by Crippen LogP contribution is -2.59. The summed E-state index contributed by atoms with van der Waals surface area (Å²) in [6.07, 6.45) is -8.60. The second-order valence-electron chi connectivity index (χ2n) is 7.83. The number of carbonyl (C=O) groups is 2. The summed E-state index contributed by atoms with van der Waals surface area (Å²) in [6, 6.07) is 0. The van der Waals surface area contributed by atoms with Crippen molar-refractivity contribution in [1.29, 1.82) is 0 Å². The van der Waals surface area contributed by atoms with Gasteiger partial charge in [-0.2, -0.15) is 0 Å². The van der Waals surface area contributed by atoms with Crippen molar-refractivity contribution in [2.75, 3.05) is 13.2 Å². The van der Waals surface area contributed by atoms with E-state index in [1.807, 2.05) is 13.8 Å². The fraction of sp³-hybridized carbons (Fsp3) is 0.800. The third kappa shape index (κ3) is 5.88. The Morgan fingerprint density at radius 3 is 2.28 bits per heavy atom. The zero-order chi connectivity index (χ0) is 24.0. The quantitative estimate of drug-likeness (QED) is 0.197. The lowest BCUT2D eigenvalue weighted by Gasteiger charge is -2.39. The zero-order valence-electron chi connectivity index (χ0n) is 18.0. The van der Waals surface area contributed by atoms with Gasteiger partial charge in [0, 0.05) is 0 Å². The highest BCUT2D eigenvalue weighted by molar-refractivity contribution is 5.89. The van der Waals surface area contributed by atoms with Crippen molar-refractivity contribution >= 4 is 11.9 Å². The first-order valence-electron chi connectivity index (χ1n) is 10.6. The van der Waals surface area contributed by atoms with Gasteiger partial charge in [0.25, 0.3) is 0 Å². The van der Waals surface area contributed by atoms with Crippen LogP contribution in [0, 0.1) is 5.92 Å². The van der Waals surface area contributed by atoms with Crippen molar-refractivity contribution in [2.45, 2.75) is 82.4 Å². The van der Waals surface area contributed by atoms with Crippen molar-refractivity contribution in [3.05, 3.63) is 11.5 Å². The van der Waals surface area contributed by atoms with E-state index < -0.39 is 79.6 Å². The second kappa shape index (κ2) is 11.8. The van der Waals surface area contributed by atoms with E-state index in [0.717, 1.165) is 12.8 Å². The van der Waals surface area contributed by atoms with Gasteiger partial charge < -0.3 is 49.6 Å². The topological polar surface area (TPSA) is 192 Å². The molecule has 0 radical (unpaired) electrons. The van der Waals surface area contributed by atoms with E-state index in [1.165, 1.54) is 0 Å². The first-order chi connectivity index (χ1) is 15.2. The van der Waals surface area contributed by atoms with Crippen molar-refractivity contribution in [1.82, 2.24) is 0 Å². The summed E-state index contributed by atoms with van der Waals surface area (Å²) in [5.74, 6) is -3.63. The van der Waals surface area contributed by atoms with Crippen molar-refractivity contribution in [3.63, 3.8) is 0 Å². The third-order valence-corrected chi connectivity index (χ3v) is 5.36. The molecule has 12 heteroatoms. The van der Waals surface area contributed by atoms with Crippen molar-refractivity contribution < 1.29 is 59.2 Å². The van der Waals surface area contributed by atoms with Crippen LogP contribution in [0.15, 0.2) is 11.5 Å². The monoisotopic (exact) mass is 464 g/mol. The van der Waals surface area contributed by atoms with E-state index in [1.54, 1.807) is 0 Å². The Bertz CT molecular complexity index is 671. The fourth-order valence-corrected chi connectivity index (χ4v) is 3.56. The highest BCUT2D eigenvalue weighted by Crippen LogP contribution is 2.30. The lowest BCUT2D eigenvalue weighted by molar-refractivity contribution is -0.291. The van der Waals surface area contributed by atoms with Crippen LogP contribution in [0.3, 0.4) is 0 Å². The lowest BCUT2D eigenvalue weighted by atomic mass is 9.99. The molecule has 0 saturated carbocycles. The van der Waals surface area contributed by atoms with Gasteiger partial charge in [-0.3, -0.25) is 4.79 Å². The number of cyclic esters (lactones) is 1. The molecule has 0 aromatic heterocycles. The van der Waals surface area contributed by atoms with Gasteiger partial charge >= 0.3 is 11.9 Å². The molecule has 184 valence electrons. The van der Waals surface area contributed by atoms with Crippen LogP contribution < -0.4 is 0 Å². The van der Waals surface area contributed by atoms with Gasteiger partial charge in [-0.15, -0.1) is 0 Å². The number of hydrogen-bond acceptors (Lipinski definition) is 12. The minimum atomic E-state index is -1.82. The molecule has 2 rings (SSSR count). The van der Waals surface area contributed by atoms with Crippen LogP contribution in [0.4, 0.5) is 0 Å². The Kier molecular flexibility index (Phi) is 9.67. The van der Waals surface area contributed by atoms with E-state index in [2.05, 4.69) is 0 Å². The average molecular weight is 464 g/mol. The molecule has 7 atom stereocenters. The van der Waals surface area contributed by atoms with E-state index in [9.17, 15) is 40.2 Å². The summed E-state index contributed by atoms with van der Waals surface area (Å²) in [4.78, 5) is 24.3. The molecule has 1 saturated heterocycles. The van der Waals surface area contributed by atoms with Gasteiger partial charge in [0.1, 0.15) is 37.1 Å². The SMILES string of the molecule is CCCC(CCC)C(=O)OCC(O)C1OC(=O)C(O[C@H]2O[C@H](CO)[C@@H](O)[C@H](O)[C@H]2O)=C1O. The molecule has 12 nitrogen and oxygen atoms in total. The van der Waals surface area contributed by atoms with Gasteiger partial charge in [-0.1, -0.05) is 26.7 Å². The number of hydrogen-bond donors (Lipinski definition) is 6. The molecule has 6 N–H and O–H groups in total. The molecule has 2 unspecified atom stereocenters. The molecule has 0 bridgehead atoms. The summed E-state index contributed by atoms with van der Waals surface area (Å²) in [5, 5.41) is 59.4. The standard InChI is InChI=1S/C20H32O12/c1-3-5-9(6-4-2)18(27)29-8-10(22)16-15(26)17(19(28)31-16)32-20-14(25)13(24)12(23)11(7-21)30-20/h9-14,16,20-26H,3-8H2,1-2H3/t10?,11-,12-,13+,14-,16?,20-/m1/s1. The second-order valence-corrected chi connectivity index (χ2v) is 7.83. The molecule has 1 fully saturated rings. The van der Waals surface area contributed by atoms with Crippen LogP contribution in [0.25, 0.3) is 0 Å². The Morgan fingerprint density at radius 1 is 1.09 bits per heavy atom. The maximum Gasteiger partial charge on any atom is 0.378 e. The smallest absolute Gasteiger partial charge is 0.378 e. The molecule has 0 amide bonds. The Balaban J connectivity index is 2.02. The molecule has 0 spiro atoms. The first-order valence-corrected chi connectivity index (χ1v) is 10.6. The number of rotatable bonds is 11. The predicted molar refractivity (Wildman–Crippen MR) is 105 cm³/mol. The molecule has 2 heterocycles. The molecule has 2 aliphatic heterocycles. The van der Waals surface area contributed by atoms with E-state index in [0.29, 0.717) is 12.8 Å². The first kappa shape index (κ1) is 26.3. The number of aliphatic hydroxyl groups is 6. The number of ether oxygens (including phenoxy) is 4. The molecule has 2 aliphatic rings. The normalized spacial score (nSPS) is 31.6. The van der Waals surface area contributed by atoms with Crippen LogP contribution in [-0.2, 0) is 28.5 Å². The summed E-state index contributed by atoms with van der Waals surface area (Å²) in [5.41, 5.74) is 0. The summed E-state index contributed by atoms with van der Waals surface area (Å²) < 4.78 is 20.3. The number of esters is 2. The van der Waals surface area contributed by atoms with E-state index >= 15 is 0 Å². The Hall–Kier alpha value is -1.96. The van der Waals surface area contributed by atoms with E-state index in [4.69, 9.17) is 18.9 Å². The average Bonchev–Trinajstić information content (AvgIpc) is 3.05.